The number of hydrogen-bond donors (Lipinski definition) is 4. The SMILES string of the molecule is CCC[C@@H]1CNC[C@H]1O.CCC[C@H]1CNC[C@@H]1O.Cl.Cl. The van der Waals surface area contributed by atoms with Gasteiger partial charge in [0.2, 0.25) is 0 Å². The van der Waals surface area contributed by atoms with Crippen molar-refractivity contribution in [3.63, 3.8) is 0 Å². The molecule has 0 unspecified atom stereocenters. The van der Waals surface area contributed by atoms with E-state index in [1.807, 2.05) is 0 Å². The molecule has 2 aliphatic rings. The maximum atomic E-state index is 9.26. The van der Waals surface area contributed by atoms with Crippen LogP contribution in [0, 0.1) is 11.8 Å². The molecule has 0 saturated carbocycles. The Morgan fingerprint density at radius 2 is 1.10 bits per heavy atom. The standard InChI is InChI=1S/2C7H15NO.2ClH/c2*1-2-3-6-4-8-5-7(6)9;;/h2*6-9H,2-5H2,1H3;2*1H/t2*6-,7-;;/m10../s1. The summed E-state index contributed by atoms with van der Waals surface area (Å²) in [5.41, 5.74) is 0. The van der Waals surface area contributed by atoms with Gasteiger partial charge in [0.05, 0.1) is 12.2 Å². The van der Waals surface area contributed by atoms with E-state index in [0.717, 1.165) is 39.0 Å². The molecular formula is C14H32Cl2N2O2. The molecule has 4 atom stereocenters. The molecule has 2 rings (SSSR count). The molecule has 0 spiro atoms. The van der Waals surface area contributed by atoms with Crippen LogP contribution >= 0.6 is 24.8 Å². The minimum absolute atomic E-state index is 0. The Kier molecular flexibility index (Phi) is 14.9. The molecule has 0 aliphatic carbocycles. The van der Waals surface area contributed by atoms with Gasteiger partial charge in [0.25, 0.3) is 0 Å². The molecule has 0 radical (unpaired) electrons. The molecule has 2 heterocycles. The van der Waals surface area contributed by atoms with Crippen molar-refractivity contribution in [2.75, 3.05) is 26.2 Å². The van der Waals surface area contributed by atoms with E-state index in [1.165, 1.54) is 12.8 Å². The van der Waals surface area contributed by atoms with Gasteiger partial charge in [-0.25, -0.2) is 0 Å². The van der Waals surface area contributed by atoms with Crippen molar-refractivity contribution in [2.45, 2.75) is 51.7 Å². The number of aliphatic hydroxyl groups excluding tert-OH is 2. The van der Waals surface area contributed by atoms with Gasteiger partial charge < -0.3 is 20.8 Å². The van der Waals surface area contributed by atoms with Gasteiger partial charge in [-0.15, -0.1) is 24.8 Å². The number of nitrogens with one attached hydrogen (secondary N) is 2. The summed E-state index contributed by atoms with van der Waals surface area (Å²) >= 11 is 0. The van der Waals surface area contributed by atoms with Crippen LogP contribution in [-0.4, -0.2) is 48.6 Å². The van der Waals surface area contributed by atoms with Gasteiger partial charge in [-0.05, 0) is 24.7 Å². The molecule has 2 saturated heterocycles. The number of aliphatic hydroxyl groups is 2. The molecule has 124 valence electrons. The van der Waals surface area contributed by atoms with Crippen LogP contribution in [0.15, 0.2) is 0 Å². The summed E-state index contributed by atoms with van der Waals surface area (Å²) in [6.07, 6.45) is 4.53. The van der Waals surface area contributed by atoms with Gasteiger partial charge in [-0.3, -0.25) is 0 Å². The Bertz CT molecular complexity index is 201. The third-order valence-corrected chi connectivity index (χ3v) is 3.93. The normalized spacial score (nSPS) is 31.8. The van der Waals surface area contributed by atoms with E-state index in [2.05, 4.69) is 24.5 Å². The summed E-state index contributed by atoms with van der Waals surface area (Å²) < 4.78 is 0. The van der Waals surface area contributed by atoms with Crippen LogP contribution in [0.4, 0.5) is 0 Å². The highest BCUT2D eigenvalue weighted by Gasteiger charge is 2.23. The zero-order chi connectivity index (χ0) is 13.4. The van der Waals surface area contributed by atoms with Crippen molar-refractivity contribution in [1.82, 2.24) is 10.6 Å². The minimum atomic E-state index is -0.0788. The summed E-state index contributed by atoms with van der Waals surface area (Å²) in [5.74, 6) is 1.05. The molecule has 4 nitrogen and oxygen atoms in total. The average Bonchev–Trinajstić information content (AvgIpc) is 2.92. The first-order chi connectivity index (χ1) is 8.69. The quantitative estimate of drug-likeness (QED) is 0.632. The van der Waals surface area contributed by atoms with E-state index >= 15 is 0 Å². The van der Waals surface area contributed by atoms with Crippen LogP contribution in [0.2, 0.25) is 0 Å². The topological polar surface area (TPSA) is 64.5 Å². The summed E-state index contributed by atoms with van der Waals surface area (Å²) in [6.45, 7) is 7.93. The van der Waals surface area contributed by atoms with Crippen LogP contribution in [-0.2, 0) is 0 Å². The molecule has 4 N–H and O–H groups in total. The van der Waals surface area contributed by atoms with Crippen molar-refractivity contribution in [3.8, 4) is 0 Å². The lowest BCUT2D eigenvalue weighted by Gasteiger charge is -2.10. The molecule has 6 heteroatoms. The lowest BCUT2D eigenvalue weighted by molar-refractivity contribution is 0.142. The predicted octanol–water partition coefficient (Wildman–Crippen LogP) is 1.58. The Morgan fingerprint density at radius 1 is 0.750 bits per heavy atom. The van der Waals surface area contributed by atoms with E-state index < -0.39 is 0 Å². The van der Waals surface area contributed by atoms with Crippen molar-refractivity contribution in [3.05, 3.63) is 0 Å². The zero-order valence-electron chi connectivity index (χ0n) is 12.7. The Labute approximate surface area is 135 Å². The fourth-order valence-corrected chi connectivity index (χ4v) is 2.77. The molecule has 0 aromatic rings. The summed E-state index contributed by atoms with van der Waals surface area (Å²) in [5, 5.41) is 24.8. The van der Waals surface area contributed by atoms with Crippen molar-refractivity contribution < 1.29 is 10.2 Å². The van der Waals surface area contributed by atoms with Crippen LogP contribution < -0.4 is 10.6 Å². The molecule has 2 fully saturated rings. The van der Waals surface area contributed by atoms with Crippen LogP contribution in [0.5, 0.6) is 0 Å². The molecule has 0 aromatic carbocycles. The second-order valence-electron chi connectivity index (χ2n) is 5.55. The lowest BCUT2D eigenvalue weighted by atomic mass is 10.0. The summed E-state index contributed by atoms with van der Waals surface area (Å²) in [7, 11) is 0. The average molecular weight is 331 g/mol. The minimum Gasteiger partial charge on any atom is -0.391 e. The molecule has 0 bridgehead atoms. The first-order valence-electron chi connectivity index (χ1n) is 7.46. The van der Waals surface area contributed by atoms with Crippen molar-refractivity contribution >= 4 is 24.8 Å². The number of hydrogen-bond acceptors (Lipinski definition) is 4. The second kappa shape index (κ2) is 13.1. The van der Waals surface area contributed by atoms with Crippen LogP contribution in [0.25, 0.3) is 0 Å². The fourth-order valence-electron chi connectivity index (χ4n) is 2.77. The highest BCUT2D eigenvalue weighted by Crippen LogP contribution is 2.14. The van der Waals surface area contributed by atoms with Gasteiger partial charge in [0, 0.05) is 26.2 Å². The molecule has 2 aliphatic heterocycles. The monoisotopic (exact) mass is 330 g/mol. The highest BCUT2D eigenvalue weighted by molar-refractivity contribution is 5.85. The van der Waals surface area contributed by atoms with Crippen LogP contribution in [0.3, 0.4) is 0 Å². The fraction of sp³-hybridized carbons (Fsp3) is 1.00. The van der Waals surface area contributed by atoms with Gasteiger partial charge in [0.1, 0.15) is 0 Å². The van der Waals surface area contributed by atoms with Gasteiger partial charge >= 0.3 is 0 Å². The Balaban J connectivity index is 0. The lowest BCUT2D eigenvalue weighted by Crippen LogP contribution is -2.17. The first-order valence-corrected chi connectivity index (χ1v) is 7.46. The van der Waals surface area contributed by atoms with Crippen LogP contribution in [0.1, 0.15) is 39.5 Å². The molecule has 0 aromatic heterocycles. The van der Waals surface area contributed by atoms with Crippen molar-refractivity contribution in [1.29, 1.82) is 0 Å². The number of β-amino-alcohol motifs (C(OH)–C–C–N with tert-alkyl or cyclic N) is 2. The maximum Gasteiger partial charge on any atom is 0.0704 e. The largest absolute Gasteiger partial charge is 0.391 e. The zero-order valence-corrected chi connectivity index (χ0v) is 14.3. The number of rotatable bonds is 4. The highest BCUT2D eigenvalue weighted by atomic mass is 35.5. The molecule has 20 heavy (non-hydrogen) atoms. The van der Waals surface area contributed by atoms with E-state index in [0.29, 0.717) is 11.8 Å². The van der Waals surface area contributed by atoms with Gasteiger partial charge in [0.15, 0.2) is 0 Å². The molecular weight excluding hydrogens is 299 g/mol. The smallest absolute Gasteiger partial charge is 0.0704 e. The second-order valence-corrected chi connectivity index (χ2v) is 5.55. The third kappa shape index (κ3) is 8.01. The molecule has 0 amide bonds. The Hall–Kier alpha value is 0.420. The predicted molar refractivity (Wildman–Crippen MR) is 89.0 cm³/mol. The Morgan fingerprint density at radius 3 is 1.30 bits per heavy atom. The summed E-state index contributed by atoms with van der Waals surface area (Å²) in [4.78, 5) is 0. The van der Waals surface area contributed by atoms with Gasteiger partial charge in [-0.2, -0.15) is 0 Å². The van der Waals surface area contributed by atoms with E-state index in [9.17, 15) is 10.2 Å². The van der Waals surface area contributed by atoms with E-state index in [1.54, 1.807) is 0 Å². The number of halogens is 2. The maximum absolute atomic E-state index is 9.26. The first kappa shape index (κ1) is 22.7. The third-order valence-electron chi connectivity index (χ3n) is 3.93. The van der Waals surface area contributed by atoms with Gasteiger partial charge in [-0.1, -0.05) is 26.7 Å². The van der Waals surface area contributed by atoms with E-state index in [4.69, 9.17) is 0 Å². The summed E-state index contributed by atoms with van der Waals surface area (Å²) in [6, 6.07) is 0. The van der Waals surface area contributed by atoms with Crippen molar-refractivity contribution in [2.24, 2.45) is 11.8 Å². The van der Waals surface area contributed by atoms with E-state index in [-0.39, 0.29) is 37.0 Å².